The highest BCUT2D eigenvalue weighted by molar-refractivity contribution is 7.92. The number of para-hydroxylation sites is 1. The SMILES string of the molecule is CC(=O)Nc1ccc(C)c(S(=O)(=O)Nc2ccccc2C(=O)NCC2CCCO2)c1. The van der Waals surface area contributed by atoms with Gasteiger partial charge in [-0.2, -0.15) is 0 Å². The molecule has 160 valence electrons. The number of ether oxygens (including phenoxy) is 1. The first-order chi connectivity index (χ1) is 14.3. The molecule has 30 heavy (non-hydrogen) atoms. The molecule has 2 aromatic rings. The number of nitrogens with one attached hydrogen (secondary N) is 3. The van der Waals surface area contributed by atoms with E-state index in [0.717, 1.165) is 12.8 Å². The number of carbonyl (C=O) groups is 2. The molecule has 1 atom stereocenters. The second kappa shape index (κ2) is 9.27. The molecular formula is C21H25N3O5S. The molecule has 2 aromatic carbocycles. The normalized spacial score (nSPS) is 16.1. The predicted octanol–water partition coefficient (Wildman–Crippen LogP) is 2.66. The van der Waals surface area contributed by atoms with Crippen LogP contribution in [0.5, 0.6) is 0 Å². The van der Waals surface area contributed by atoms with Crippen LogP contribution in [0.2, 0.25) is 0 Å². The maximum atomic E-state index is 13.0. The predicted molar refractivity (Wildman–Crippen MR) is 114 cm³/mol. The Hall–Kier alpha value is -2.91. The van der Waals surface area contributed by atoms with Gasteiger partial charge in [-0.1, -0.05) is 18.2 Å². The maximum absolute atomic E-state index is 13.0. The second-order valence-electron chi connectivity index (χ2n) is 7.16. The fraction of sp³-hybridized carbons (Fsp3) is 0.333. The van der Waals surface area contributed by atoms with Crippen molar-refractivity contribution in [3.63, 3.8) is 0 Å². The summed E-state index contributed by atoms with van der Waals surface area (Å²) in [5.41, 5.74) is 1.27. The minimum Gasteiger partial charge on any atom is -0.376 e. The van der Waals surface area contributed by atoms with Gasteiger partial charge in [-0.25, -0.2) is 8.42 Å². The molecule has 3 rings (SSSR count). The zero-order valence-corrected chi connectivity index (χ0v) is 17.7. The van der Waals surface area contributed by atoms with Crippen molar-refractivity contribution >= 4 is 33.2 Å². The number of amides is 2. The van der Waals surface area contributed by atoms with Crippen molar-refractivity contribution in [2.45, 2.75) is 37.7 Å². The van der Waals surface area contributed by atoms with Crippen LogP contribution in [0.15, 0.2) is 47.4 Å². The lowest BCUT2D eigenvalue weighted by Gasteiger charge is -2.16. The van der Waals surface area contributed by atoms with Gasteiger partial charge in [0.25, 0.3) is 15.9 Å². The van der Waals surface area contributed by atoms with Crippen LogP contribution in [0.4, 0.5) is 11.4 Å². The van der Waals surface area contributed by atoms with E-state index in [9.17, 15) is 18.0 Å². The van der Waals surface area contributed by atoms with Crippen LogP contribution < -0.4 is 15.4 Å². The Balaban J connectivity index is 1.82. The van der Waals surface area contributed by atoms with E-state index in [4.69, 9.17) is 4.74 Å². The van der Waals surface area contributed by atoms with Gasteiger partial charge >= 0.3 is 0 Å². The van der Waals surface area contributed by atoms with Gasteiger partial charge in [0.2, 0.25) is 5.91 Å². The number of benzene rings is 2. The Bertz CT molecular complexity index is 1050. The first kappa shape index (κ1) is 21.8. The lowest BCUT2D eigenvalue weighted by atomic mass is 10.1. The third kappa shape index (κ3) is 5.37. The molecule has 1 heterocycles. The first-order valence-electron chi connectivity index (χ1n) is 9.66. The molecular weight excluding hydrogens is 406 g/mol. The Kier molecular flexibility index (Phi) is 6.73. The van der Waals surface area contributed by atoms with Gasteiger partial charge in [-0.05, 0) is 49.6 Å². The lowest BCUT2D eigenvalue weighted by Crippen LogP contribution is -2.32. The summed E-state index contributed by atoms with van der Waals surface area (Å²) in [5.74, 6) is -0.684. The van der Waals surface area contributed by atoms with Crippen LogP contribution in [-0.4, -0.2) is 39.5 Å². The largest absolute Gasteiger partial charge is 0.376 e. The molecule has 1 fully saturated rings. The summed E-state index contributed by atoms with van der Waals surface area (Å²) in [6, 6.07) is 11.0. The van der Waals surface area contributed by atoms with E-state index in [1.807, 2.05) is 0 Å². The molecule has 0 aromatic heterocycles. The number of hydrogen-bond acceptors (Lipinski definition) is 5. The number of sulfonamides is 1. The van der Waals surface area contributed by atoms with Crippen molar-refractivity contribution in [2.24, 2.45) is 0 Å². The fourth-order valence-corrected chi connectivity index (χ4v) is 4.60. The average molecular weight is 432 g/mol. The van der Waals surface area contributed by atoms with E-state index in [-0.39, 0.29) is 34.1 Å². The summed E-state index contributed by atoms with van der Waals surface area (Å²) in [6.45, 7) is 4.07. The van der Waals surface area contributed by atoms with Crippen LogP contribution in [0.1, 0.15) is 35.7 Å². The monoisotopic (exact) mass is 431 g/mol. The highest BCUT2D eigenvalue weighted by Gasteiger charge is 2.22. The van der Waals surface area contributed by atoms with Crippen LogP contribution in [-0.2, 0) is 19.6 Å². The van der Waals surface area contributed by atoms with E-state index in [2.05, 4.69) is 15.4 Å². The van der Waals surface area contributed by atoms with E-state index >= 15 is 0 Å². The molecule has 0 saturated carbocycles. The minimum absolute atomic E-state index is 0.0167. The number of aryl methyl sites for hydroxylation is 1. The van der Waals surface area contributed by atoms with Crippen molar-refractivity contribution in [3.8, 4) is 0 Å². The molecule has 0 bridgehead atoms. The Morgan fingerprint density at radius 1 is 1.17 bits per heavy atom. The molecule has 1 aliphatic rings. The Labute approximate surface area is 176 Å². The van der Waals surface area contributed by atoms with Gasteiger partial charge in [-0.3, -0.25) is 14.3 Å². The summed E-state index contributed by atoms with van der Waals surface area (Å²) < 4.78 is 34.1. The summed E-state index contributed by atoms with van der Waals surface area (Å²) in [4.78, 5) is 24.0. The molecule has 1 unspecified atom stereocenters. The van der Waals surface area contributed by atoms with Crippen molar-refractivity contribution in [1.82, 2.24) is 5.32 Å². The third-order valence-electron chi connectivity index (χ3n) is 4.73. The van der Waals surface area contributed by atoms with Gasteiger partial charge in [0.1, 0.15) is 0 Å². The zero-order valence-electron chi connectivity index (χ0n) is 16.9. The molecule has 1 saturated heterocycles. The van der Waals surface area contributed by atoms with Crippen LogP contribution >= 0.6 is 0 Å². The molecule has 0 aliphatic carbocycles. The average Bonchev–Trinajstić information content (AvgIpc) is 3.21. The fourth-order valence-electron chi connectivity index (χ4n) is 3.25. The quantitative estimate of drug-likeness (QED) is 0.624. The van der Waals surface area contributed by atoms with Gasteiger partial charge in [0.15, 0.2) is 0 Å². The lowest BCUT2D eigenvalue weighted by molar-refractivity contribution is -0.114. The number of hydrogen-bond donors (Lipinski definition) is 3. The summed E-state index contributed by atoms with van der Waals surface area (Å²) in [5, 5.41) is 5.38. The number of carbonyl (C=O) groups excluding carboxylic acids is 2. The van der Waals surface area contributed by atoms with Crippen LogP contribution in [0, 0.1) is 6.92 Å². The standard InChI is InChI=1S/C21H25N3O5S/c1-14-9-10-16(23-15(2)25)12-20(14)30(27,28)24-19-8-4-3-7-18(19)21(26)22-13-17-6-5-11-29-17/h3-4,7-10,12,17,24H,5-6,11,13H2,1-2H3,(H,22,26)(H,23,25). The molecule has 8 nitrogen and oxygen atoms in total. The van der Waals surface area contributed by atoms with E-state index < -0.39 is 10.0 Å². The molecule has 0 spiro atoms. The molecule has 9 heteroatoms. The third-order valence-corrected chi connectivity index (χ3v) is 6.24. The number of rotatable bonds is 7. The highest BCUT2D eigenvalue weighted by Crippen LogP contribution is 2.25. The van der Waals surface area contributed by atoms with E-state index in [1.54, 1.807) is 37.3 Å². The van der Waals surface area contributed by atoms with E-state index in [0.29, 0.717) is 24.4 Å². The Morgan fingerprint density at radius 2 is 1.93 bits per heavy atom. The number of anilines is 2. The van der Waals surface area contributed by atoms with Crippen LogP contribution in [0.3, 0.4) is 0 Å². The van der Waals surface area contributed by atoms with Crippen molar-refractivity contribution in [1.29, 1.82) is 0 Å². The molecule has 0 radical (unpaired) electrons. The molecule has 1 aliphatic heterocycles. The highest BCUT2D eigenvalue weighted by atomic mass is 32.2. The van der Waals surface area contributed by atoms with Crippen LogP contribution in [0.25, 0.3) is 0 Å². The van der Waals surface area contributed by atoms with Gasteiger partial charge in [-0.15, -0.1) is 0 Å². The zero-order chi connectivity index (χ0) is 21.7. The van der Waals surface area contributed by atoms with Crippen molar-refractivity contribution < 1.29 is 22.7 Å². The Morgan fingerprint density at radius 3 is 2.63 bits per heavy atom. The summed E-state index contributed by atoms with van der Waals surface area (Å²) >= 11 is 0. The maximum Gasteiger partial charge on any atom is 0.262 e. The van der Waals surface area contributed by atoms with E-state index in [1.165, 1.54) is 19.1 Å². The smallest absolute Gasteiger partial charge is 0.262 e. The summed E-state index contributed by atoms with van der Waals surface area (Å²) in [7, 11) is -3.99. The minimum atomic E-state index is -3.99. The van der Waals surface area contributed by atoms with Gasteiger partial charge in [0, 0.05) is 25.8 Å². The first-order valence-corrected chi connectivity index (χ1v) is 11.1. The van der Waals surface area contributed by atoms with Crippen molar-refractivity contribution in [2.75, 3.05) is 23.2 Å². The van der Waals surface area contributed by atoms with Crippen molar-refractivity contribution in [3.05, 3.63) is 53.6 Å². The van der Waals surface area contributed by atoms with Gasteiger partial charge in [0.05, 0.1) is 22.3 Å². The molecule has 2 amide bonds. The molecule has 3 N–H and O–H groups in total. The summed E-state index contributed by atoms with van der Waals surface area (Å²) in [6.07, 6.45) is 1.84. The second-order valence-corrected chi connectivity index (χ2v) is 8.81. The topological polar surface area (TPSA) is 114 Å². The van der Waals surface area contributed by atoms with Gasteiger partial charge < -0.3 is 15.4 Å².